The minimum absolute atomic E-state index is 0.000843. The van der Waals surface area contributed by atoms with Gasteiger partial charge in [-0.1, -0.05) is 18.2 Å². The molecule has 4 rings (SSSR count). The highest BCUT2D eigenvalue weighted by atomic mass is 32.1. The van der Waals surface area contributed by atoms with Gasteiger partial charge in [-0.2, -0.15) is 13.2 Å². The van der Waals surface area contributed by atoms with Crippen molar-refractivity contribution in [2.45, 2.75) is 19.1 Å². The van der Waals surface area contributed by atoms with Crippen LogP contribution >= 0.6 is 11.3 Å². The predicted octanol–water partition coefficient (Wildman–Crippen LogP) is 4.92. The van der Waals surface area contributed by atoms with Crippen molar-refractivity contribution in [1.82, 2.24) is 4.90 Å². The van der Waals surface area contributed by atoms with E-state index in [0.29, 0.717) is 16.0 Å². The number of benzene rings is 2. The Morgan fingerprint density at radius 1 is 0.970 bits per heavy atom. The Balaban J connectivity index is 1.56. The van der Waals surface area contributed by atoms with Crippen LogP contribution in [0.25, 0.3) is 0 Å². The SMILES string of the molecule is O=C(Nc1sc2c(c1C(=O)O)CCN(C(=O)c1ccc(C(F)(F)F)cc1)C2)c1ccccc1. The Morgan fingerprint density at radius 3 is 2.24 bits per heavy atom. The quantitative estimate of drug-likeness (QED) is 0.562. The molecule has 2 N–H and O–H groups in total. The zero-order chi connectivity index (χ0) is 23.8. The lowest BCUT2D eigenvalue weighted by molar-refractivity contribution is -0.137. The number of hydrogen-bond donors (Lipinski definition) is 2. The second kappa shape index (κ2) is 8.70. The first kappa shape index (κ1) is 22.5. The van der Waals surface area contributed by atoms with Gasteiger partial charge < -0.3 is 15.3 Å². The van der Waals surface area contributed by atoms with E-state index in [-0.39, 0.29) is 35.6 Å². The van der Waals surface area contributed by atoms with Gasteiger partial charge in [-0.3, -0.25) is 9.59 Å². The van der Waals surface area contributed by atoms with Gasteiger partial charge in [0.2, 0.25) is 0 Å². The molecule has 0 spiro atoms. The number of carbonyl (C=O) groups is 3. The van der Waals surface area contributed by atoms with Crippen LogP contribution in [-0.4, -0.2) is 34.3 Å². The van der Waals surface area contributed by atoms with Crippen molar-refractivity contribution in [3.05, 3.63) is 87.3 Å². The van der Waals surface area contributed by atoms with Gasteiger partial charge in [-0.05, 0) is 48.4 Å². The van der Waals surface area contributed by atoms with E-state index in [0.717, 1.165) is 35.6 Å². The number of carbonyl (C=O) groups excluding carboxylic acids is 2. The van der Waals surface area contributed by atoms with E-state index < -0.39 is 29.5 Å². The fourth-order valence-corrected chi connectivity index (χ4v) is 4.89. The van der Waals surface area contributed by atoms with Gasteiger partial charge in [0.15, 0.2) is 0 Å². The molecule has 0 saturated heterocycles. The number of nitrogens with zero attached hydrogens (tertiary/aromatic N) is 1. The molecule has 2 heterocycles. The maximum absolute atomic E-state index is 12.8. The van der Waals surface area contributed by atoms with Crippen molar-refractivity contribution in [1.29, 1.82) is 0 Å². The fraction of sp³-hybridized carbons (Fsp3) is 0.174. The molecule has 1 aliphatic rings. The summed E-state index contributed by atoms with van der Waals surface area (Å²) in [5.74, 6) is -2.08. The molecule has 6 nitrogen and oxygen atoms in total. The van der Waals surface area contributed by atoms with Crippen molar-refractivity contribution >= 4 is 34.1 Å². The van der Waals surface area contributed by atoms with E-state index >= 15 is 0 Å². The number of nitrogens with one attached hydrogen (secondary N) is 1. The second-order valence-electron chi connectivity index (χ2n) is 7.39. The summed E-state index contributed by atoms with van der Waals surface area (Å²) in [5, 5.41) is 12.6. The highest BCUT2D eigenvalue weighted by molar-refractivity contribution is 7.17. The van der Waals surface area contributed by atoms with Crippen LogP contribution in [-0.2, 0) is 19.1 Å². The molecule has 10 heteroatoms. The summed E-state index contributed by atoms with van der Waals surface area (Å²) in [6.07, 6.45) is -4.24. The number of rotatable bonds is 4. The topological polar surface area (TPSA) is 86.7 Å². The minimum atomic E-state index is -4.49. The van der Waals surface area contributed by atoms with E-state index in [1.54, 1.807) is 30.3 Å². The van der Waals surface area contributed by atoms with Crippen LogP contribution in [0, 0.1) is 0 Å². The molecular weight excluding hydrogens is 457 g/mol. The zero-order valence-electron chi connectivity index (χ0n) is 17.0. The number of hydrogen-bond acceptors (Lipinski definition) is 4. The Hall–Kier alpha value is -3.66. The van der Waals surface area contributed by atoms with Crippen LogP contribution in [0.4, 0.5) is 18.2 Å². The molecule has 0 atom stereocenters. The van der Waals surface area contributed by atoms with Gasteiger partial charge in [-0.15, -0.1) is 11.3 Å². The van der Waals surface area contributed by atoms with E-state index in [4.69, 9.17) is 0 Å². The molecule has 2 aromatic carbocycles. The van der Waals surface area contributed by atoms with Gasteiger partial charge in [-0.25, -0.2) is 4.79 Å². The number of carboxylic acids is 1. The summed E-state index contributed by atoms with van der Waals surface area (Å²) in [4.78, 5) is 39.3. The molecule has 0 bridgehead atoms. The van der Waals surface area contributed by atoms with Gasteiger partial charge in [0, 0.05) is 22.5 Å². The Bertz CT molecular complexity index is 1220. The summed E-state index contributed by atoms with van der Waals surface area (Å²) >= 11 is 1.08. The van der Waals surface area contributed by atoms with E-state index in [1.165, 1.54) is 4.90 Å². The first-order valence-electron chi connectivity index (χ1n) is 9.86. The summed E-state index contributed by atoms with van der Waals surface area (Å²) in [5.41, 5.74) is 0.190. The van der Waals surface area contributed by atoms with Crippen molar-refractivity contribution in [2.24, 2.45) is 0 Å². The van der Waals surface area contributed by atoms with Crippen LogP contribution in [0.1, 0.15) is 47.1 Å². The zero-order valence-corrected chi connectivity index (χ0v) is 17.8. The monoisotopic (exact) mass is 474 g/mol. The van der Waals surface area contributed by atoms with Crippen molar-refractivity contribution in [3.8, 4) is 0 Å². The molecule has 0 saturated carbocycles. The van der Waals surface area contributed by atoms with Crippen LogP contribution in [0.15, 0.2) is 54.6 Å². The third-order valence-electron chi connectivity index (χ3n) is 5.28. The molecule has 170 valence electrons. The lowest BCUT2D eigenvalue weighted by Gasteiger charge is -2.27. The number of thiophene rings is 1. The van der Waals surface area contributed by atoms with Crippen LogP contribution in [0.5, 0.6) is 0 Å². The lowest BCUT2D eigenvalue weighted by Crippen LogP contribution is -2.35. The number of alkyl halides is 3. The van der Waals surface area contributed by atoms with Crippen LogP contribution < -0.4 is 5.32 Å². The lowest BCUT2D eigenvalue weighted by atomic mass is 10.0. The Kier molecular flexibility index (Phi) is 5.94. The Morgan fingerprint density at radius 2 is 1.64 bits per heavy atom. The van der Waals surface area contributed by atoms with E-state index in [1.807, 2.05) is 0 Å². The van der Waals surface area contributed by atoms with Gasteiger partial charge >= 0.3 is 12.1 Å². The average molecular weight is 474 g/mol. The molecule has 33 heavy (non-hydrogen) atoms. The molecule has 0 fully saturated rings. The minimum Gasteiger partial charge on any atom is -0.478 e. The summed E-state index contributed by atoms with van der Waals surface area (Å²) in [7, 11) is 0. The summed E-state index contributed by atoms with van der Waals surface area (Å²) in [6, 6.07) is 12.3. The molecule has 0 unspecified atom stereocenters. The van der Waals surface area contributed by atoms with Crippen molar-refractivity contribution in [2.75, 3.05) is 11.9 Å². The molecule has 1 aromatic heterocycles. The first-order valence-corrected chi connectivity index (χ1v) is 10.7. The molecular formula is C23H17F3N2O4S. The standard InChI is InChI=1S/C23H17F3N2O4S/c24-23(25,26)15-8-6-14(7-9-15)21(30)28-11-10-16-17(12-28)33-20(18(16)22(31)32)27-19(29)13-4-2-1-3-5-13/h1-9H,10-12H2,(H,27,29)(H,31,32). The molecule has 2 amide bonds. The predicted molar refractivity (Wildman–Crippen MR) is 116 cm³/mol. The Labute approximate surface area is 190 Å². The molecule has 0 radical (unpaired) electrons. The fourth-order valence-electron chi connectivity index (χ4n) is 3.64. The third-order valence-corrected chi connectivity index (χ3v) is 6.41. The maximum atomic E-state index is 12.8. The van der Waals surface area contributed by atoms with Crippen LogP contribution in [0.3, 0.4) is 0 Å². The third kappa shape index (κ3) is 4.61. The van der Waals surface area contributed by atoms with Gasteiger partial charge in [0.1, 0.15) is 5.00 Å². The van der Waals surface area contributed by atoms with Crippen LogP contribution in [0.2, 0.25) is 0 Å². The van der Waals surface area contributed by atoms with Crippen molar-refractivity contribution < 1.29 is 32.7 Å². The highest BCUT2D eigenvalue weighted by Crippen LogP contribution is 2.38. The molecule has 0 aliphatic carbocycles. The smallest absolute Gasteiger partial charge is 0.416 e. The molecule has 3 aromatic rings. The van der Waals surface area contributed by atoms with E-state index in [9.17, 15) is 32.7 Å². The number of fused-ring (bicyclic) bond motifs is 1. The maximum Gasteiger partial charge on any atom is 0.416 e. The largest absolute Gasteiger partial charge is 0.478 e. The highest BCUT2D eigenvalue weighted by Gasteiger charge is 2.32. The van der Waals surface area contributed by atoms with E-state index in [2.05, 4.69) is 5.32 Å². The number of aromatic carboxylic acids is 1. The van der Waals surface area contributed by atoms with Gasteiger partial charge in [0.05, 0.1) is 17.7 Å². The normalized spacial score (nSPS) is 13.4. The number of anilines is 1. The number of amides is 2. The summed E-state index contributed by atoms with van der Waals surface area (Å²) in [6.45, 7) is 0.303. The summed E-state index contributed by atoms with van der Waals surface area (Å²) < 4.78 is 38.3. The number of halogens is 3. The molecule has 1 aliphatic heterocycles. The first-order chi connectivity index (χ1) is 15.6. The second-order valence-corrected chi connectivity index (χ2v) is 8.49. The van der Waals surface area contributed by atoms with Crippen molar-refractivity contribution in [3.63, 3.8) is 0 Å². The number of carboxylic acid groups (broad SMARTS) is 1. The average Bonchev–Trinajstić information content (AvgIpc) is 3.15. The van der Waals surface area contributed by atoms with Gasteiger partial charge in [0.25, 0.3) is 11.8 Å².